The van der Waals surface area contributed by atoms with Gasteiger partial charge in [-0.05, 0) is 69.1 Å². The minimum absolute atomic E-state index is 0.119. The summed E-state index contributed by atoms with van der Waals surface area (Å²) in [7, 11) is 0. The normalized spacial score (nSPS) is 15.7. The van der Waals surface area contributed by atoms with E-state index in [9.17, 15) is 4.79 Å². The molecule has 0 aromatic heterocycles. The summed E-state index contributed by atoms with van der Waals surface area (Å²) in [5, 5.41) is 3.35. The topological polar surface area (TPSA) is 41.6 Å². The smallest absolute Gasteiger partial charge is 0.257 e. The number of amides is 1. The zero-order valence-electron chi connectivity index (χ0n) is 13.5. The summed E-state index contributed by atoms with van der Waals surface area (Å²) in [6.07, 6.45) is 2.36. The SMILES string of the molecule is CC1CCN(C(=S)NC(=O)c2ccc(OC(C)C)cc2)CC1. The number of likely N-dealkylation sites (tertiary alicyclic amines) is 1. The van der Waals surface area contributed by atoms with Crippen LogP contribution in [0.3, 0.4) is 0 Å². The fourth-order valence-corrected chi connectivity index (χ4v) is 2.69. The van der Waals surface area contributed by atoms with Crippen LogP contribution in [-0.2, 0) is 0 Å². The summed E-state index contributed by atoms with van der Waals surface area (Å²) in [6, 6.07) is 7.13. The van der Waals surface area contributed by atoms with E-state index < -0.39 is 0 Å². The van der Waals surface area contributed by atoms with Gasteiger partial charge in [0.2, 0.25) is 0 Å². The Kier molecular flexibility index (Phi) is 5.77. The van der Waals surface area contributed by atoms with Gasteiger partial charge < -0.3 is 9.64 Å². The van der Waals surface area contributed by atoms with Crippen LogP contribution < -0.4 is 10.1 Å². The monoisotopic (exact) mass is 320 g/mol. The molecular weight excluding hydrogens is 296 g/mol. The standard InChI is InChI=1S/C17H24N2O2S/c1-12(2)21-15-6-4-14(5-7-15)16(20)18-17(22)19-10-8-13(3)9-11-19/h4-7,12-13H,8-11H2,1-3H3,(H,18,20,22). The highest BCUT2D eigenvalue weighted by molar-refractivity contribution is 7.80. The van der Waals surface area contributed by atoms with Crippen molar-refractivity contribution in [1.29, 1.82) is 0 Å². The molecule has 1 aromatic rings. The number of ether oxygens (including phenoxy) is 1. The average molecular weight is 320 g/mol. The Morgan fingerprint density at radius 3 is 2.41 bits per heavy atom. The van der Waals surface area contributed by atoms with E-state index in [0.29, 0.717) is 10.7 Å². The largest absolute Gasteiger partial charge is 0.491 e. The van der Waals surface area contributed by atoms with E-state index in [2.05, 4.69) is 17.1 Å². The third kappa shape index (κ3) is 4.70. The molecule has 4 nitrogen and oxygen atoms in total. The van der Waals surface area contributed by atoms with E-state index in [-0.39, 0.29) is 12.0 Å². The fraction of sp³-hybridized carbons (Fsp3) is 0.529. The Morgan fingerprint density at radius 1 is 1.27 bits per heavy atom. The van der Waals surface area contributed by atoms with Crippen molar-refractivity contribution >= 4 is 23.2 Å². The zero-order valence-corrected chi connectivity index (χ0v) is 14.3. The van der Waals surface area contributed by atoms with E-state index in [1.807, 2.05) is 13.8 Å². The van der Waals surface area contributed by atoms with Gasteiger partial charge in [-0.15, -0.1) is 0 Å². The summed E-state index contributed by atoms with van der Waals surface area (Å²) in [5.74, 6) is 1.34. The average Bonchev–Trinajstić information content (AvgIpc) is 2.48. The number of rotatable bonds is 3. The van der Waals surface area contributed by atoms with Gasteiger partial charge in [0, 0.05) is 18.7 Å². The molecule has 2 rings (SSSR count). The van der Waals surface area contributed by atoms with Gasteiger partial charge in [-0.3, -0.25) is 10.1 Å². The molecule has 0 radical (unpaired) electrons. The van der Waals surface area contributed by atoms with Crippen molar-refractivity contribution in [3.63, 3.8) is 0 Å². The predicted octanol–water partition coefficient (Wildman–Crippen LogP) is 3.22. The van der Waals surface area contributed by atoms with E-state index in [0.717, 1.165) is 37.6 Å². The number of benzene rings is 1. The highest BCUT2D eigenvalue weighted by Gasteiger charge is 2.19. The van der Waals surface area contributed by atoms with Crippen molar-refractivity contribution in [2.45, 2.75) is 39.7 Å². The van der Waals surface area contributed by atoms with Crippen molar-refractivity contribution < 1.29 is 9.53 Å². The lowest BCUT2D eigenvalue weighted by molar-refractivity contribution is 0.0972. The van der Waals surface area contributed by atoms with Crippen LogP contribution in [0.1, 0.15) is 44.0 Å². The molecule has 1 aromatic carbocycles. The lowest BCUT2D eigenvalue weighted by atomic mass is 10.00. The molecule has 1 heterocycles. The molecule has 0 atom stereocenters. The number of nitrogens with one attached hydrogen (secondary N) is 1. The van der Waals surface area contributed by atoms with Gasteiger partial charge in [0.15, 0.2) is 5.11 Å². The first-order valence-electron chi connectivity index (χ1n) is 7.82. The number of carbonyl (C=O) groups is 1. The number of carbonyl (C=O) groups excluding carboxylic acids is 1. The Morgan fingerprint density at radius 2 is 1.86 bits per heavy atom. The molecule has 1 saturated heterocycles. The molecule has 1 aliphatic heterocycles. The summed E-state index contributed by atoms with van der Waals surface area (Å²) in [6.45, 7) is 8.03. The molecule has 22 heavy (non-hydrogen) atoms. The van der Waals surface area contributed by atoms with Crippen LogP contribution in [0.4, 0.5) is 0 Å². The minimum Gasteiger partial charge on any atom is -0.491 e. The quantitative estimate of drug-likeness (QED) is 0.868. The van der Waals surface area contributed by atoms with Crippen LogP contribution in [0, 0.1) is 5.92 Å². The van der Waals surface area contributed by atoms with Crippen LogP contribution >= 0.6 is 12.2 Å². The van der Waals surface area contributed by atoms with Crippen LogP contribution in [0.25, 0.3) is 0 Å². The minimum atomic E-state index is -0.167. The molecule has 1 amide bonds. The molecule has 120 valence electrons. The first kappa shape index (κ1) is 16.7. The Labute approximate surface area is 137 Å². The molecule has 0 bridgehead atoms. The predicted molar refractivity (Wildman–Crippen MR) is 92.2 cm³/mol. The van der Waals surface area contributed by atoms with Crippen molar-refractivity contribution in [3.8, 4) is 5.75 Å². The van der Waals surface area contributed by atoms with Crippen LogP contribution in [0.2, 0.25) is 0 Å². The number of hydrogen-bond donors (Lipinski definition) is 1. The van der Waals surface area contributed by atoms with Crippen LogP contribution in [0.5, 0.6) is 5.75 Å². The van der Waals surface area contributed by atoms with Crippen LogP contribution in [0.15, 0.2) is 24.3 Å². The first-order chi connectivity index (χ1) is 10.5. The maximum absolute atomic E-state index is 12.2. The second kappa shape index (κ2) is 7.58. The fourth-order valence-electron chi connectivity index (χ4n) is 2.42. The number of thiocarbonyl (C=S) groups is 1. The van der Waals surface area contributed by atoms with Gasteiger partial charge in [0.1, 0.15) is 5.75 Å². The molecule has 1 fully saturated rings. The molecule has 1 aliphatic rings. The van der Waals surface area contributed by atoms with Crippen LogP contribution in [-0.4, -0.2) is 35.1 Å². The molecule has 0 saturated carbocycles. The van der Waals surface area contributed by atoms with E-state index in [4.69, 9.17) is 17.0 Å². The van der Waals surface area contributed by atoms with Gasteiger partial charge in [-0.2, -0.15) is 0 Å². The summed E-state index contributed by atoms with van der Waals surface area (Å²) in [4.78, 5) is 14.3. The zero-order chi connectivity index (χ0) is 16.1. The maximum Gasteiger partial charge on any atom is 0.257 e. The second-order valence-corrected chi connectivity index (χ2v) is 6.51. The Hall–Kier alpha value is -1.62. The van der Waals surface area contributed by atoms with E-state index in [1.165, 1.54) is 0 Å². The molecule has 1 N–H and O–H groups in total. The number of hydrogen-bond acceptors (Lipinski definition) is 3. The molecular formula is C17H24N2O2S. The highest BCUT2D eigenvalue weighted by atomic mass is 32.1. The molecule has 0 aliphatic carbocycles. The van der Waals surface area contributed by atoms with Gasteiger partial charge in [0.25, 0.3) is 5.91 Å². The Bertz CT molecular complexity index is 520. The van der Waals surface area contributed by atoms with Gasteiger partial charge in [-0.1, -0.05) is 6.92 Å². The number of nitrogens with zero attached hydrogens (tertiary/aromatic N) is 1. The molecule has 0 unspecified atom stereocenters. The third-order valence-corrected chi connectivity index (χ3v) is 4.14. The van der Waals surface area contributed by atoms with Crippen molar-refractivity contribution in [2.75, 3.05) is 13.1 Å². The third-order valence-electron chi connectivity index (χ3n) is 3.78. The lowest BCUT2D eigenvalue weighted by Gasteiger charge is -2.32. The van der Waals surface area contributed by atoms with Gasteiger partial charge in [-0.25, -0.2) is 0 Å². The molecule has 5 heteroatoms. The van der Waals surface area contributed by atoms with Crippen molar-refractivity contribution in [3.05, 3.63) is 29.8 Å². The second-order valence-electron chi connectivity index (χ2n) is 6.12. The number of piperidine rings is 1. The van der Waals surface area contributed by atoms with Gasteiger partial charge >= 0.3 is 0 Å². The Balaban J connectivity index is 1.90. The summed E-state index contributed by atoms with van der Waals surface area (Å²) >= 11 is 5.34. The van der Waals surface area contributed by atoms with Gasteiger partial charge in [0.05, 0.1) is 6.10 Å². The molecule has 0 spiro atoms. The highest BCUT2D eigenvalue weighted by Crippen LogP contribution is 2.16. The summed E-state index contributed by atoms with van der Waals surface area (Å²) < 4.78 is 5.57. The summed E-state index contributed by atoms with van der Waals surface area (Å²) in [5.41, 5.74) is 0.587. The van der Waals surface area contributed by atoms with E-state index >= 15 is 0 Å². The lowest BCUT2D eigenvalue weighted by Crippen LogP contribution is -2.46. The first-order valence-corrected chi connectivity index (χ1v) is 8.23. The van der Waals surface area contributed by atoms with E-state index in [1.54, 1.807) is 24.3 Å². The van der Waals surface area contributed by atoms with Crippen molar-refractivity contribution in [1.82, 2.24) is 10.2 Å². The van der Waals surface area contributed by atoms with Crippen molar-refractivity contribution in [2.24, 2.45) is 5.92 Å². The maximum atomic E-state index is 12.2.